The molecule has 0 N–H and O–H groups in total. The van der Waals surface area contributed by atoms with Gasteiger partial charge in [-0.15, -0.1) is 0 Å². The Morgan fingerprint density at radius 3 is 2.73 bits per heavy atom. The van der Waals surface area contributed by atoms with Crippen molar-refractivity contribution in [1.82, 2.24) is 14.6 Å². The van der Waals surface area contributed by atoms with Crippen LogP contribution in [0.2, 0.25) is 0 Å². The number of oxazole rings is 1. The number of hydrogen-bond donors (Lipinski definition) is 0. The quantitative estimate of drug-likeness (QED) is 0.591. The van der Waals surface area contributed by atoms with Gasteiger partial charge in [0.1, 0.15) is 0 Å². The molecule has 0 aliphatic heterocycles. The number of nitrogens with zero attached hydrogens (tertiary/aromatic N) is 3. The summed E-state index contributed by atoms with van der Waals surface area (Å²) in [4.78, 5) is 16.8. The van der Waals surface area contributed by atoms with Gasteiger partial charge >= 0.3 is 5.97 Å². The number of esters is 1. The van der Waals surface area contributed by atoms with Crippen LogP contribution in [0.3, 0.4) is 0 Å². The number of fused-ring (bicyclic) bond motifs is 1. The highest BCUT2D eigenvalue weighted by atomic mass is 16.5. The predicted octanol–water partition coefficient (Wildman–Crippen LogP) is 4.31. The van der Waals surface area contributed by atoms with Crippen LogP contribution in [0.5, 0.6) is 0 Å². The Kier molecular flexibility index (Phi) is 5.40. The summed E-state index contributed by atoms with van der Waals surface area (Å²) >= 11 is 0. The van der Waals surface area contributed by atoms with Gasteiger partial charge in [0.2, 0.25) is 0 Å². The van der Waals surface area contributed by atoms with E-state index in [0.29, 0.717) is 18.8 Å². The minimum atomic E-state index is -0.377. The second kappa shape index (κ2) is 7.72. The maximum absolute atomic E-state index is 12.7. The predicted molar refractivity (Wildman–Crippen MR) is 99.1 cm³/mol. The molecule has 3 rings (SSSR count). The van der Waals surface area contributed by atoms with Crippen LogP contribution in [-0.4, -0.2) is 27.2 Å². The molecule has 0 aromatic carbocycles. The van der Waals surface area contributed by atoms with Crippen molar-refractivity contribution in [1.29, 1.82) is 0 Å². The standard InChI is InChI=1S/C20H25N3O3/c1-5-8-15(20(24)25-7-3)18-13(4)22-23-14(6-2)9-10-16(23)19(18)17-11-21-12-26-17/h9-12,15H,5-8H2,1-4H3. The van der Waals surface area contributed by atoms with Crippen molar-refractivity contribution in [3.63, 3.8) is 0 Å². The molecule has 3 aromatic heterocycles. The topological polar surface area (TPSA) is 69.6 Å². The van der Waals surface area contributed by atoms with Crippen molar-refractivity contribution in [2.24, 2.45) is 0 Å². The highest BCUT2D eigenvalue weighted by Gasteiger charge is 2.30. The fraction of sp³-hybridized carbons (Fsp3) is 0.450. The van der Waals surface area contributed by atoms with Crippen LogP contribution in [-0.2, 0) is 16.0 Å². The van der Waals surface area contributed by atoms with E-state index in [1.54, 1.807) is 6.20 Å². The molecule has 0 fully saturated rings. The first kappa shape index (κ1) is 18.2. The first-order valence-electron chi connectivity index (χ1n) is 9.18. The first-order chi connectivity index (χ1) is 12.6. The second-order valence-electron chi connectivity index (χ2n) is 6.31. The molecule has 1 unspecified atom stereocenters. The lowest BCUT2D eigenvalue weighted by Gasteiger charge is -2.21. The van der Waals surface area contributed by atoms with E-state index in [0.717, 1.165) is 40.9 Å². The monoisotopic (exact) mass is 355 g/mol. The molecule has 0 bridgehead atoms. The average Bonchev–Trinajstić information content (AvgIpc) is 3.28. The van der Waals surface area contributed by atoms with Crippen LogP contribution in [0.1, 0.15) is 56.5 Å². The molecule has 6 heteroatoms. The zero-order valence-electron chi connectivity index (χ0n) is 15.8. The average molecular weight is 355 g/mol. The van der Waals surface area contributed by atoms with Crippen LogP contribution in [0.4, 0.5) is 0 Å². The van der Waals surface area contributed by atoms with Crippen LogP contribution in [0.15, 0.2) is 29.1 Å². The zero-order chi connectivity index (χ0) is 18.7. The molecule has 0 spiro atoms. The highest BCUT2D eigenvalue weighted by molar-refractivity contribution is 5.88. The summed E-state index contributed by atoms with van der Waals surface area (Å²) in [6.45, 7) is 8.28. The minimum Gasteiger partial charge on any atom is -0.466 e. The van der Waals surface area contributed by atoms with E-state index in [1.165, 1.54) is 6.39 Å². The van der Waals surface area contributed by atoms with Gasteiger partial charge in [-0.25, -0.2) is 9.50 Å². The van der Waals surface area contributed by atoms with Crippen molar-refractivity contribution in [2.45, 2.75) is 52.9 Å². The fourth-order valence-corrected chi connectivity index (χ4v) is 3.50. The van der Waals surface area contributed by atoms with Crippen LogP contribution in [0.25, 0.3) is 16.8 Å². The van der Waals surface area contributed by atoms with E-state index in [-0.39, 0.29) is 11.9 Å². The van der Waals surface area contributed by atoms with Gasteiger partial charge in [0, 0.05) is 11.3 Å². The van der Waals surface area contributed by atoms with Gasteiger partial charge in [0.05, 0.1) is 35.5 Å². The third-order valence-electron chi connectivity index (χ3n) is 4.64. The van der Waals surface area contributed by atoms with E-state index < -0.39 is 0 Å². The maximum Gasteiger partial charge on any atom is 0.313 e. The number of carbonyl (C=O) groups is 1. The summed E-state index contributed by atoms with van der Waals surface area (Å²) in [6, 6.07) is 4.09. The Hall–Kier alpha value is -2.63. The number of ether oxygens (including phenoxy) is 1. The molecule has 0 aliphatic carbocycles. The molecule has 26 heavy (non-hydrogen) atoms. The lowest BCUT2D eigenvalue weighted by molar-refractivity contribution is -0.145. The van der Waals surface area contributed by atoms with Gasteiger partial charge in [0.25, 0.3) is 0 Å². The molecule has 3 aromatic rings. The summed E-state index contributed by atoms with van der Waals surface area (Å²) < 4.78 is 12.9. The summed E-state index contributed by atoms with van der Waals surface area (Å²) in [5.74, 6) is 0.0471. The van der Waals surface area contributed by atoms with Crippen molar-refractivity contribution in [2.75, 3.05) is 6.61 Å². The van der Waals surface area contributed by atoms with Crippen molar-refractivity contribution >= 4 is 11.5 Å². The van der Waals surface area contributed by atoms with Gasteiger partial charge in [0.15, 0.2) is 12.2 Å². The molecule has 1 atom stereocenters. The number of aromatic nitrogens is 3. The summed E-state index contributed by atoms with van der Waals surface area (Å²) in [5, 5.41) is 4.77. The van der Waals surface area contributed by atoms with Gasteiger partial charge in [-0.2, -0.15) is 5.10 Å². The van der Waals surface area contributed by atoms with Crippen molar-refractivity contribution in [3.8, 4) is 11.3 Å². The smallest absolute Gasteiger partial charge is 0.313 e. The first-order valence-corrected chi connectivity index (χ1v) is 9.18. The largest absolute Gasteiger partial charge is 0.466 e. The van der Waals surface area contributed by atoms with E-state index >= 15 is 0 Å². The molecule has 0 amide bonds. The number of hydrogen-bond acceptors (Lipinski definition) is 5. The Labute approximate surface area is 153 Å². The lowest BCUT2D eigenvalue weighted by atomic mass is 9.88. The third-order valence-corrected chi connectivity index (χ3v) is 4.64. The summed E-state index contributed by atoms with van der Waals surface area (Å²) in [6.07, 6.45) is 5.52. The lowest BCUT2D eigenvalue weighted by Crippen LogP contribution is -2.19. The molecule has 138 valence electrons. The molecular formula is C20H25N3O3. The molecule has 0 saturated heterocycles. The normalized spacial score (nSPS) is 12.5. The van der Waals surface area contributed by atoms with E-state index in [2.05, 4.69) is 24.9 Å². The highest BCUT2D eigenvalue weighted by Crippen LogP contribution is 2.38. The van der Waals surface area contributed by atoms with Gasteiger partial charge < -0.3 is 9.15 Å². The second-order valence-corrected chi connectivity index (χ2v) is 6.31. The van der Waals surface area contributed by atoms with Gasteiger partial charge in [-0.3, -0.25) is 4.79 Å². The fourth-order valence-electron chi connectivity index (χ4n) is 3.50. The van der Waals surface area contributed by atoms with Crippen molar-refractivity contribution in [3.05, 3.63) is 41.7 Å². The summed E-state index contributed by atoms with van der Waals surface area (Å²) in [5.41, 5.74) is 4.58. The SMILES string of the molecule is CCCC(C(=O)OCC)c1c(C)nn2c(CC)ccc2c1-c1cnco1. The molecule has 0 saturated carbocycles. The van der Waals surface area contributed by atoms with E-state index in [4.69, 9.17) is 14.3 Å². The van der Waals surface area contributed by atoms with E-state index in [9.17, 15) is 4.79 Å². The Bertz CT molecular complexity index is 897. The minimum absolute atomic E-state index is 0.216. The molecule has 0 aliphatic rings. The van der Waals surface area contributed by atoms with Gasteiger partial charge in [-0.1, -0.05) is 20.3 Å². The Morgan fingerprint density at radius 1 is 1.31 bits per heavy atom. The molecule has 6 nitrogen and oxygen atoms in total. The third kappa shape index (κ3) is 3.11. The Balaban J connectivity index is 2.31. The molecule has 0 radical (unpaired) electrons. The zero-order valence-corrected chi connectivity index (χ0v) is 15.8. The molecular weight excluding hydrogens is 330 g/mol. The number of aryl methyl sites for hydroxylation is 2. The maximum atomic E-state index is 12.7. The van der Waals surface area contributed by atoms with Crippen LogP contribution < -0.4 is 0 Å². The number of rotatable bonds is 7. The van der Waals surface area contributed by atoms with Crippen LogP contribution >= 0.6 is 0 Å². The Morgan fingerprint density at radius 2 is 2.12 bits per heavy atom. The van der Waals surface area contributed by atoms with E-state index in [1.807, 2.05) is 24.4 Å². The van der Waals surface area contributed by atoms with Crippen LogP contribution in [0, 0.1) is 6.92 Å². The van der Waals surface area contributed by atoms with Crippen molar-refractivity contribution < 1.29 is 13.9 Å². The number of carbonyl (C=O) groups excluding carboxylic acids is 1. The summed E-state index contributed by atoms with van der Waals surface area (Å²) in [7, 11) is 0. The van der Waals surface area contributed by atoms with Gasteiger partial charge in [-0.05, 0) is 38.8 Å². The molecule has 3 heterocycles.